The molecule has 1 atom stereocenters. The summed E-state index contributed by atoms with van der Waals surface area (Å²) in [6, 6.07) is 16.4. The first-order valence-electron chi connectivity index (χ1n) is 11.8. The predicted molar refractivity (Wildman–Crippen MR) is 133 cm³/mol. The molecule has 2 aliphatic heterocycles. The zero-order valence-electron chi connectivity index (χ0n) is 20.2. The molecule has 4 rings (SSSR count). The van der Waals surface area contributed by atoms with Gasteiger partial charge in [0.2, 0.25) is 0 Å². The minimum atomic E-state index is -0.413. The van der Waals surface area contributed by atoms with Gasteiger partial charge in [-0.25, -0.2) is 4.79 Å². The van der Waals surface area contributed by atoms with Crippen LogP contribution in [0.15, 0.2) is 71.4 Å². The van der Waals surface area contributed by atoms with Crippen LogP contribution in [0, 0.1) is 0 Å². The van der Waals surface area contributed by atoms with E-state index >= 15 is 0 Å². The van der Waals surface area contributed by atoms with E-state index in [4.69, 9.17) is 14.3 Å². The van der Waals surface area contributed by atoms with Crippen molar-refractivity contribution in [3.05, 3.63) is 77.4 Å². The summed E-state index contributed by atoms with van der Waals surface area (Å²) < 4.78 is 10.1. The maximum Gasteiger partial charge on any atom is 0.337 e. The second-order valence-corrected chi connectivity index (χ2v) is 8.50. The fraction of sp³-hybridized carbons (Fsp3) is 0.370. The highest BCUT2D eigenvalue weighted by Gasteiger charge is 2.43. The van der Waals surface area contributed by atoms with Gasteiger partial charge in [0.1, 0.15) is 6.61 Å². The molecular weight excluding hydrogens is 446 g/mol. The van der Waals surface area contributed by atoms with E-state index in [2.05, 4.69) is 10.1 Å². The van der Waals surface area contributed by atoms with Gasteiger partial charge in [0.05, 0.1) is 37.6 Å². The molecule has 2 fully saturated rings. The average Bonchev–Trinajstić information content (AvgIpc) is 2.90. The van der Waals surface area contributed by atoms with Crippen molar-refractivity contribution in [1.82, 2.24) is 4.90 Å². The van der Waals surface area contributed by atoms with Crippen LogP contribution in [0.5, 0.6) is 0 Å². The number of rotatable bonds is 9. The number of nitrogens with zero attached hydrogens (tertiary/aromatic N) is 3. The third-order valence-corrected chi connectivity index (χ3v) is 6.09. The summed E-state index contributed by atoms with van der Waals surface area (Å²) in [5, 5.41) is 4.20. The minimum absolute atomic E-state index is 0.105. The highest BCUT2D eigenvalue weighted by Crippen LogP contribution is 2.43. The zero-order chi connectivity index (χ0) is 24.6. The standard InChI is InChI=1S/C27H31N3O5/c1-20(28-35-16-6-13-29-14-17-34-18-15-29)19-24-25(21-7-4-3-5-8-21)30(26(24)31)23-11-9-22(10-12-23)27(32)33-2/h3-5,7-12,19,25H,6,13-18H2,1-2H3. The first-order chi connectivity index (χ1) is 17.1. The van der Waals surface area contributed by atoms with Gasteiger partial charge in [-0.3, -0.25) is 14.6 Å². The van der Waals surface area contributed by atoms with Crippen LogP contribution in [-0.2, 0) is 19.1 Å². The number of β-lactam (4-membered cyclic amide) rings is 1. The molecule has 8 nitrogen and oxygen atoms in total. The van der Waals surface area contributed by atoms with Crippen molar-refractivity contribution in [2.24, 2.45) is 5.16 Å². The number of carbonyl (C=O) groups is 2. The van der Waals surface area contributed by atoms with Crippen LogP contribution >= 0.6 is 0 Å². The summed E-state index contributed by atoms with van der Waals surface area (Å²) in [7, 11) is 1.34. The molecule has 1 unspecified atom stereocenters. The van der Waals surface area contributed by atoms with Gasteiger partial charge in [-0.05, 0) is 49.2 Å². The van der Waals surface area contributed by atoms with Crippen molar-refractivity contribution in [3.8, 4) is 0 Å². The van der Waals surface area contributed by atoms with Gasteiger partial charge in [0, 0.05) is 30.9 Å². The number of esters is 1. The number of anilines is 1. The van der Waals surface area contributed by atoms with E-state index in [1.54, 1.807) is 35.2 Å². The van der Waals surface area contributed by atoms with E-state index in [1.165, 1.54) is 7.11 Å². The Morgan fingerprint density at radius 2 is 1.83 bits per heavy atom. The highest BCUT2D eigenvalue weighted by atomic mass is 16.6. The zero-order valence-corrected chi connectivity index (χ0v) is 20.2. The van der Waals surface area contributed by atoms with E-state index in [0.717, 1.165) is 44.8 Å². The monoisotopic (exact) mass is 477 g/mol. The van der Waals surface area contributed by atoms with Crippen LogP contribution in [0.2, 0.25) is 0 Å². The molecule has 0 saturated carbocycles. The molecule has 8 heteroatoms. The van der Waals surface area contributed by atoms with E-state index in [1.807, 2.05) is 37.3 Å². The van der Waals surface area contributed by atoms with Gasteiger partial charge in [-0.15, -0.1) is 0 Å². The number of allylic oxidation sites excluding steroid dienone is 1. The molecule has 2 aromatic carbocycles. The van der Waals surface area contributed by atoms with Gasteiger partial charge >= 0.3 is 5.97 Å². The minimum Gasteiger partial charge on any atom is -0.465 e. The lowest BCUT2D eigenvalue weighted by atomic mass is 9.86. The summed E-state index contributed by atoms with van der Waals surface area (Å²) in [6.07, 6.45) is 2.68. The molecular formula is C27H31N3O5. The molecule has 0 radical (unpaired) electrons. The molecule has 0 bridgehead atoms. The Balaban J connectivity index is 1.43. The Morgan fingerprint density at radius 1 is 1.11 bits per heavy atom. The molecule has 35 heavy (non-hydrogen) atoms. The van der Waals surface area contributed by atoms with Crippen molar-refractivity contribution in [3.63, 3.8) is 0 Å². The molecule has 1 amide bonds. The van der Waals surface area contributed by atoms with Crippen LogP contribution < -0.4 is 4.90 Å². The predicted octanol–water partition coefficient (Wildman–Crippen LogP) is 3.60. The number of methoxy groups -OCH3 is 1. The van der Waals surface area contributed by atoms with Crippen molar-refractivity contribution in [1.29, 1.82) is 0 Å². The van der Waals surface area contributed by atoms with Crippen molar-refractivity contribution in [2.45, 2.75) is 19.4 Å². The maximum atomic E-state index is 13.2. The summed E-state index contributed by atoms with van der Waals surface area (Å²) in [6.45, 7) is 6.80. The summed E-state index contributed by atoms with van der Waals surface area (Å²) >= 11 is 0. The Hall–Kier alpha value is -3.49. The van der Waals surface area contributed by atoms with E-state index in [0.29, 0.717) is 29.1 Å². The number of hydrogen-bond donors (Lipinski definition) is 0. The molecule has 2 heterocycles. The van der Waals surface area contributed by atoms with Crippen LogP contribution in [0.3, 0.4) is 0 Å². The van der Waals surface area contributed by atoms with Crippen LogP contribution in [0.1, 0.15) is 35.3 Å². The summed E-state index contributed by atoms with van der Waals surface area (Å²) in [4.78, 5) is 34.5. The van der Waals surface area contributed by atoms with Gasteiger partial charge in [-0.2, -0.15) is 0 Å². The molecule has 0 aromatic heterocycles. The van der Waals surface area contributed by atoms with Crippen molar-refractivity contribution < 1.29 is 23.9 Å². The topological polar surface area (TPSA) is 80.7 Å². The molecule has 2 aromatic rings. The van der Waals surface area contributed by atoms with Crippen molar-refractivity contribution >= 4 is 23.3 Å². The van der Waals surface area contributed by atoms with Gasteiger partial charge < -0.3 is 14.3 Å². The van der Waals surface area contributed by atoms with Gasteiger partial charge in [0.25, 0.3) is 5.91 Å². The Morgan fingerprint density at radius 3 is 2.51 bits per heavy atom. The van der Waals surface area contributed by atoms with Crippen molar-refractivity contribution in [2.75, 3.05) is 51.5 Å². The number of carbonyl (C=O) groups excluding carboxylic acids is 2. The second kappa shape index (κ2) is 11.8. The molecule has 0 spiro atoms. The average molecular weight is 478 g/mol. The first-order valence-corrected chi connectivity index (χ1v) is 11.8. The van der Waals surface area contributed by atoms with E-state index < -0.39 is 5.97 Å². The van der Waals surface area contributed by atoms with Crippen LogP contribution in [0.4, 0.5) is 5.69 Å². The largest absolute Gasteiger partial charge is 0.465 e. The van der Waals surface area contributed by atoms with E-state index in [-0.39, 0.29) is 11.9 Å². The lowest BCUT2D eigenvalue weighted by Gasteiger charge is -2.43. The SMILES string of the molecule is COC(=O)c1ccc(N2C(=O)C(=CC(C)=NOCCCN3CCOCC3)C2c2ccccc2)cc1. The fourth-order valence-electron chi connectivity index (χ4n) is 4.27. The summed E-state index contributed by atoms with van der Waals surface area (Å²) in [5.74, 6) is -0.519. The summed E-state index contributed by atoms with van der Waals surface area (Å²) in [5.41, 5.74) is 3.43. The maximum absolute atomic E-state index is 13.2. The molecule has 184 valence electrons. The third-order valence-electron chi connectivity index (χ3n) is 6.09. The Bertz CT molecular complexity index is 1080. The number of morpholine rings is 1. The number of amides is 1. The number of ether oxygens (including phenoxy) is 2. The quantitative estimate of drug-likeness (QED) is 0.137. The number of benzene rings is 2. The Labute approximate surface area is 205 Å². The van der Waals surface area contributed by atoms with Crippen LogP contribution in [0.25, 0.3) is 0 Å². The lowest BCUT2D eigenvalue weighted by Crippen LogP contribution is -2.49. The Kier molecular flexibility index (Phi) is 8.28. The number of hydrogen-bond acceptors (Lipinski definition) is 7. The van der Waals surface area contributed by atoms with Crippen LogP contribution in [-0.4, -0.2) is 69.1 Å². The fourth-order valence-corrected chi connectivity index (χ4v) is 4.27. The second-order valence-electron chi connectivity index (χ2n) is 8.50. The van der Waals surface area contributed by atoms with Gasteiger partial charge in [0.15, 0.2) is 0 Å². The number of oxime groups is 1. The molecule has 0 N–H and O–H groups in total. The third kappa shape index (κ3) is 5.96. The van der Waals surface area contributed by atoms with Gasteiger partial charge in [-0.1, -0.05) is 35.5 Å². The first kappa shape index (κ1) is 24.6. The molecule has 2 saturated heterocycles. The van der Waals surface area contributed by atoms with E-state index in [9.17, 15) is 9.59 Å². The molecule has 2 aliphatic rings. The lowest BCUT2D eigenvalue weighted by molar-refractivity contribution is -0.119. The highest BCUT2D eigenvalue weighted by molar-refractivity contribution is 6.18. The smallest absolute Gasteiger partial charge is 0.337 e. The molecule has 0 aliphatic carbocycles. The normalized spacial score (nSPS) is 20.0.